The van der Waals surface area contributed by atoms with Gasteiger partial charge in [-0.05, 0) is 60.2 Å². The fourth-order valence-corrected chi connectivity index (χ4v) is 4.10. The van der Waals surface area contributed by atoms with Crippen LogP contribution in [0.5, 0.6) is 0 Å². The summed E-state index contributed by atoms with van der Waals surface area (Å²) in [5, 5.41) is 13.0. The lowest BCUT2D eigenvalue weighted by Gasteiger charge is -2.13. The number of hydrogen-bond acceptors (Lipinski definition) is 4. The van der Waals surface area contributed by atoms with E-state index in [1.807, 2.05) is 0 Å². The number of rotatable bonds is 7. The zero-order chi connectivity index (χ0) is 22.6. The molecule has 0 fully saturated rings. The van der Waals surface area contributed by atoms with Crippen molar-refractivity contribution in [2.75, 3.05) is 11.3 Å². The summed E-state index contributed by atoms with van der Waals surface area (Å²) >= 11 is 11.5. The number of carbonyl (C=O) groups excluding carboxylic acids is 1. The summed E-state index contributed by atoms with van der Waals surface area (Å²) in [5.41, 5.74) is 1.09. The van der Waals surface area contributed by atoms with Crippen molar-refractivity contribution in [1.29, 1.82) is 0 Å². The summed E-state index contributed by atoms with van der Waals surface area (Å²) in [6.45, 7) is -0.0137. The Morgan fingerprint density at radius 2 is 1.65 bits per heavy atom. The lowest BCUT2D eigenvalue weighted by atomic mass is 10.1. The fraction of sp³-hybridized carbons (Fsp3) is 0.0952. The molecule has 0 heterocycles. The second kappa shape index (κ2) is 9.65. The van der Waals surface area contributed by atoms with Gasteiger partial charge in [-0.1, -0.05) is 35.3 Å². The summed E-state index contributed by atoms with van der Waals surface area (Å²) in [5.74, 6) is -1.16. The van der Waals surface area contributed by atoms with E-state index in [-0.39, 0.29) is 27.7 Å². The lowest BCUT2D eigenvalue weighted by Crippen LogP contribution is -2.28. The molecule has 0 bridgehead atoms. The number of sulfonamides is 1. The molecule has 0 saturated heterocycles. The maximum Gasteiger partial charge on any atom is 0.261 e. The number of benzene rings is 3. The van der Waals surface area contributed by atoms with E-state index >= 15 is 0 Å². The summed E-state index contributed by atoms with van der Waals surface area (Å²) in [6.07, 6.45) is -0.908. The number of aliphatic hydroxyl groups excluding tert-OH is 1. The van der Waals surface area contributed by atoms with Gasteiger partial charge in [0.05, 0.1) is 16.0 Å². The minimum atomic E-state index is -3.99. The van der Waals surface area contributed by atoms with Gasteiger partial charge >= 0.3 is 0 Å². The van der Waals surface area contributed by atoms with E-state index in [1.165, 1.54) is 24.3 Å². The summed E-state index contributed by atoms with van der Waals surface area (Å²) in [7, 11) is -3.99. The highest BCUT2D eigenvalue weighted by Crippen LogP contribution is 2.22. The Balaban J connectivity index is 1.61. The molecule has 10 heteroatoms. The molecule has 3 rings (SSSR count). The largest absolute Gasteiger partial charge is 0.387 e. The van der Waals surface area contributed by atoms with Gasteiger partial charge in [0, 0.05) is 22.8 Å². The number of halogens is 3. The molecule has 3 aromatic carbocycles. The molecule has 0 aromatic heterocycles. The van der Waals surface area contributed by atoms with Crippen LogP contribution < -0.4 is 10.0 Å². The average Bonchev–Trinajstić information content (AvgIpc) is 2.74. The van der Waals surface area contributed by atoms with Crippen molar-refractivity contribution in [2.45, 2.75) is 11.0 Å². The molecule has 162 valence electrons. The van der Waals surface area contributed by atoms with Crippen molar-refractivity contribution >= 4 is 44.8 Å². The minimum Gasteiger partial charge on any atom is -0.387 e. The molecule has 0 radical (unpaired) electrons. The highest BCUT2D eigenvalue weighted by molar-refractivity contribution is 7.92. The van der Waals surface area contributed by atoms with Gasteiger partial charge in [-0.3, -0.25) is 9.52 Å². The number of aliphatic hydroxyl groups is 1. The highest BCUT2D eigenvalue weighted by Gasteiger charge is 2.17. The Hall–Kier alpha value is -2.65. The topological polar surface area (TPSA) is 95.5 Å². The van der Waals surface area contributed by atoms with Gasteiger partial charge in [-0.15, -0.1) is 0 Å². The van der Waals surface area contributed by atoms with E-state index in [0.717, 1.165) is 18.2 Å². The Labute approximate surface area is 188 Å². The van der Waals surface area contributed by atoms with Gasteiger partial charge < -0.3 is 10.4 Å². The van der Waals surface area contributed by atoms with Crippen molar-refractivity contribution in [3.05, 3.63) is 93.7 Å². The number of amides is 1. The van der Waals surface area contributed by atoms with Crippen LogP contribution >= 0.6 is 23.2 Å². The molecular formula is C21H17Cl2FN2O4S. The Kier molecular flexibility index (Phi) is 7.17. The van der Waals surface area contributed by atoms with Crippen LogP contribution in [0.4, 0.5) is 10.1 Å². The molecule has 1 atom stereocenters. The molecule has 1 unspecified atom stereocenters. The number of carbonyl (C=O) groups is 1. The fourth-order valence-electron chi connectivity index (χ4n) is 2.64. The second-order valence-electron chi connectivity index (χ2n) is 6.54. The Morgan fingerprint density at radius 3 is 2.26 bits per heavy atom. The van der Waals surface area contributed by atoms with Crippen LogP contribution in [0.25, 0.3) is 0 Å². The van der Waals surface area contributed by atoms with Gasteiger partial charge in [0.1, 0.15) is 5.82 Å². The number of hydrogen-bond donors (Lipinski definition) is 3. The van der Waals surface area contributed by atoms with Gasteiger partial charge in [-0.25, -0.2) is 12.8 Å². The van der Waals surface area contributed by atoms with E-state index < -0.39 is 27.9 Å². The van der Waals surface area contributed by atoms with Crippen LogP contribution in [0.1, 0.15) is 22.0 Å². The van der Waals surface area contributed by atoms with E-state index in [1.54, 1.807) is 24.3 Å². The van der Waals surface area contributed by atoms with Crippen molar-refractivity contribution in [3.8, 4) is 0 Å². The van der Waals surface area contributed by atoms with Gasteiger partial charge in [0.25, 0.3) is 15.9 Å². The molecule has 0 aliphatic rings. The molecular weight excluding hydrogens is 466 g/mol. The van der Waals surface area contributed by atoms with Crippen LogP contribution in [-0.4, -0.2) is 26.0 Å². The molecule has 0 spiro atoms. The predicted molar refractivity (Wildman–Crippen MR) is 117 cm³/mol. The minimum absolute atomic E-state index is 0.0137. The van der Waals surface area contributed by atoms with Crippen LogP contribution in [-0.2, 0) is 10.0 Å². The molecule has 3 aromatic rings. The molecule has 31 heavy (non-hydrogen) atoms. The van der Waals surface area contributed by atoms with Crippen molar-refractivity contribution in [1.82, 2.24) is 5.32 Å². The number of anilines is 1. The van der Waals surface area contributed by atoms with E-state index in [2.05, 4.69) is 10.0 Å². The standard InChI is InChI=1S/C21H17Cl2FN2O4S/c22-15-5-1-13(2-6-15)20(27)12-25-21(28)14-3-7-16(8-4-14)26-31(29,30)17-9-10-19(24)18(23)11-17/h1-11,20,26-27H,12H2,(H,25,28). The first-order valence-electron chi connectivity index (χ1n) is 8.95. The molecule has 0 saturated carbocycles. The third-order valence-corrected chi connectivity index (χ3v) is 6.23. The predicted octanol–water partition coefficient (Wildman–Crippen LogP) is 4.40. The maximum absolute atomic E-state index is 13.3. The second-order valence-corrected chi connectivity index (χ2v) is 9.06. The zero-order valence-corrected chi connectivity index (χ0v) is 18.2. The Morgan fingerprint density at radius 1 is 1.00 bits per heavy atom. The van der Waals surface area contributed by atoms with Gasteiger partial charge in [-0.2, -0.15) is 0 Å². The first-order valence-corrected chi connectivity index (χ1v) is 11.2. The average molecular weight is 483 g/mol. The molecule has 1 amide bonds. The van der Waals surface area contributed by atoms with E-state index in [9.17, 15) is 22.7 Å². The van der Waals surface area contributed by atoms with Crippen molar-refractivity contribution < 1.29 is 22.7 Å². The smallest absolute Gasteiger partial charge is 0.261 e. The Bertz CT molecular complexity index is 1190. The summed E-state index contributed by atoms with van der Waals surface area (Å²) in [6, 6.07) is 15.3. The summed E-state index contributed by atoms with van der Waals surface area (Å²) in [4.78, 5) is 12.1. The van der Waals surface area contributed by atoms with Crippen molar-refractivity contribution in [2.24, 2.45) is 0 Å². The third kappa shape index (κ3) is 5.95. The lowest BCUT2D eigenvalue weighted by molar-refractivity contribution is 0.0916. The van der Waals surface area contributed by atoms with E-state index in [4.69, 9.17) is 23.2 Å². The van der Waals surface area contributed by atoms with Crippen molar-refractivity contribution in [3.63, 3.8) is 0 Å². The zero-order valence-electron chi connectivity index (χ0n) is 15.8. The van der Waals surface area contributed by atoms with Gasteiger partial charge in [0.2, 0.25) is 0 Å². The quantitative estimate of drug-likeness (QED) is 0.465. The first-order chi connectivity index (χ1) is 14.7. The molecule has 6 nitrogen and oxygen atoms in total. The van der Waals surface area contributed by atoms with Crippen LogP contribution in [0.15, 0.2) is 71.6 Å². The number of nitrogens with one attached hydrogen (secondary N) is 2. The van der Waals surface area contributed by atoms with Crippen LogP contribution in [0.2, 0.25) is 10.0 Å². The third-order valence-electron chi connectivity index (χ3n) is 4.31. The molecule has 3 N–H and O–H groups in total. The van der Waals surface area contributed by atoms with Crippen LogP contribution in [0.3, 0.4) is 0 Å². The van der Waals surface area contributed by atoms with Gasteiger partial charge in [0.15, 0.2) is 0 Å². The highest BCUT2D eigenvalue weighted by atomic mass is 35.5. The first kappa shape index (κ1) is 23.0. The van der Waals surface area contributed by atoms with Crippen LogP contribution in [0, 0.1) is 5.82 Å². The molecule has 0 aliphatic carbocycles. The SMILES string of the molecule is O=C(NCC(O)c1ccc(Cl)cc1)c1ccc(NS(=O)(=O)c2ccc(F)c(Cl)c2)cc1. The normalized spacial score (nSPS) is 12.3. The molecule has 0 aliphatic heterocycles. The monoisotopic (exact) mass is 482 g/mol. The van der Waals surface area contributed by atoms with E-state index in [0.29, 0.717) is 10.6 Å². The maximum atomic E-state index is 13.3. The summed E-state index contributed by atoms with van der Waals surface area (Å²) < 4.78 is 40.4.